The molecule has 0 fully saturated rings. The Labute approximate surface area is 208 Å². The molecule has 0 aliphatic carbocycles. The maximum absolute atomic E-state index is 9.66. The summed E-state index contributed by atoms with van der Waals surface area (Å²) in [6.45, 7) is 7.35. The van der Waals surface area contributed by atoms with Crippen molar-refractivity contribution in [2.24, 2.45) is 0 Å². The van der Waals surface area contributed by atoms with E-state index in [1.807, 2.05) is 30.3 Å². The minimum atomic E-state index is 0.118. The number of nitriles is 1. The Morgan fingerprint density at radius 1 is 0.735 bits per heavy atom. The smallest absolute Gasteiger partial charge is 0.137 e. The summed E-state index contributed by atoms with van der Waals surface area (Å²) in [5.41, 5.74) is 2.69. The van der Waals surface area contributed by atoms with Crippen molar-refractivity contribution in [3.8, 4) is 28.7 Å². The zero-order valence-corrected chi connectivity index (χ0v) is 21.8. The standard InChI is InChI=1S/C31H45NO2/c1-4-6-8-10-11-12-13-15-23-33-30-20-17-27(18-21-30)28-19-22-31(29(24-28)25-32)34-26(3)16-14-9-7-5-2/h17-22,24,26H,4-16,23H2,1-3H3/t26-/m1/s1. The predicted molar refractivity (Wildman–Crippen MR) is 144 cm³/mol. The summed E-state index contributed by atoms with van der Waals surface area (Å²) in [4.78, 5) is 0. The molecule has 2 aromatic carbocycles. The third-order valence-electron chi connectivity index (χ3n) is 6.35. The molecule has 0 aliphatic heterocycles. The lowest BCUT2D eigenvalue weighted by Crippen LogP contribution is -2.12. The van der Waals surface area contributed by atoms with Crippen molar-refractivity contribution in [2.75, 3.05) is 6.61 Å². The van der Waals surface area contributed by atoms with E-state index in [9.17, 15) is 5.26 Å². The Hall–Kier alpha value is -2.47. The first-order valence-corrected chi connectivity index (χ1v) is 13.6. The molecule has 0 radical (unpaired) electrons. The first-order valence-electron chi connectivity index (χ1n) is 13.6. The summed E-state index contributed by atoms with van der Waals surface area (Å²) >= 11 is 0. The van der Waals surface area contributed by atoms with Gasteiger partial charge in [-0.3, -0.25) is 0 Å². The summed E-state index contributed by atoms with van der Waals surface area (Å²) in [5, 5.41) is 9.66. The molecule has 0 saturated heterocycles. The lowest BCUT2D eigenvalue weighted by molar-refractivity contribution is 0.206. The Morgan fingerprint density at radius 3 is 1.97 bits per heavy atom. The maximum atomic E-state index is 9.66. The summed E-state index contributed by atoms with van der Waals surface area (Å²) in [6.07, 6.45) is 16.5. The van der Waals surface area contributed by atoms with Crippen LogP contribution in [0.25, 0.3) is 11.1 Å². The molecular formula is C31H45NO2. The second-order valence-corrected chi connectivity index (χ2v) is 9.45. The molecule has 0 N–H and O–H groups in total. The van der Waals surface area contributed by atoms with Gasteiger partial charge in [0.05, 0.1) is 18.3 Å². The van der Waals surface area contributed by atoms with Crippen LogP contribution in [-0.4, -0.2) is 12.7 Å². The van der Waals surface area contributed by atoms with Crippen molar-refractivity contribution >= 4 is 0 Å². The number of benzene rings is 2. The number of unbranched alkanes of at least 4 members (excludes halogenated alkanes) is 10. The zero-order chi connectivity index (χ0) is 24.4. The molecule has 0 unspecified atom stereocenters. The second kappa shape index (κ2) is 17.0. The van der Waals surface area contributed by atoms with Crippen molar-refractivity contribution in [3.05, 3.63) is 48.0 Å². The molecule has 0 amide bonds. The molecule has 0 saturated carbocycles. The highest BCUT2D eigenvalue weighted by Gasteiger charge is 2.10. The van der Waals surface area contributed by atoms with Crippen LogP contribution in [0.5, 0.6) is 11.5 Å². The van der Waals surface area contributed by atoms with Crippen LogP contribution in [0, 0.1) is 11.3 Å². The van der Waals surface area contributed by atoms with E-state index in [1.165, 1.54) is 70.6 Å². The topological polar surface area (TPSA) is 42.2 Å². The van der Waals surface area contributed by atoms with E-state index in [-0.39, 0.29) is 6.10 Å². The predicted octanol–water partition coefficient (Wildman–Crippen LogP) is 9.48. The number of hydrogen-bond donors (Lipinski definition) is 0. The van der Waals surface area contributed by atoms with Gasteiger partial charge in [-0.2, -0.15) is 5.26 Å². The molecule has 0 heterocycles. The first-order chi connectivity index (χ1) is 16.7. The third-order valence-corrected chi connectivity index (χ3v) is 6.35. The summed E-state index contributed by atoms with van der Waals surface area (Å²) < 4.78 is 12.0. The van der Waals surface area contributed by atoms with Gasteiger partial charge in [-0.1, -0.05) is 96.3 Å². The molecule has 2 rings (SSSR count). The van der Waals surface area contributed by atoms with E-state index in [0.29, 0.717) is 11.3 Å². The van der Waals surface area contributed by atoms with Gasteiger partial charge in [-0.05, 0) is 61.6 Å². The summed E-state index contributed by atoms with van der Waals surface area (Å²) in [6, 6.07) is 16.4. The average molecular weight is 464 g/mol. The van der Waals surface area contributed by atoms with Crippen LogP contribution in [0.4, 0.5) is 0 Å². The SMILES string of the molecule is CCCCCCCCCCOc1ccc(-c2ccc(O[C@H](C)CCCCCC)c(C#N)c2)cc1. The summed E-state index contributed by atoms with van der Waals surface area (Å²) in [5.74, 6) is 1.59. The number of ether oxygens (including phenoxy) is 2. The molecule has 2 aromatic rings. The van der Waals surface area contributed by atoms with Gasteiger partial charge in [0, 0.05) is 0 Å². The lowest BCUT2D eigenvalue weighted by Gasteiger charge is -2.16. The molecular weight excluding hydrogens is 418 g/mol. The molecule has 0 aromatic heterocycles. The van der Waals surface area contributed by atoms with Gasteiger partial charge in [0.25, 0.3) is 0 Å². The van der Waals surface area contributed by atoms with Crippen LogP contribution >= 0.6 is 0 Å². The van der Waals surface area contributed by atoms with Gasteiger partial charge < -0.3 is 9.47 Å². The highest BCUT2D eigenvalue weighted by Crippen LogP contribution is 2.29. The molecule has 3 nitrogen and oxygen atoms in total. The molecule has 3 heteroatoms. The van der Waals surface area contributed by atoms with Crippen LogP contribution in [-0.2, 0) is 0 Å². The molecule has 186 valence electrons. The van der Waals surface area contributed by atoms with Crippen molar-refractivity contribution in [1.29, 1.82) is 5.26 Å². The average Bonchev–Trinajstić information content (AvgIpc) is 2.86. The monoisotopic (exact) mass is 463 g/mol. The van der Waals surface area contributed by atoms with Gasteiger partial charge >= 0.3 is 0 Å². The van der Waals surface area contributed by atoms with E-state index >= 15 is 0 Å². The molecule has 0 bridgehead atoms. The van der Waals surface area contributed by atoms with E-state index in [2.05, 4.69) is 39.0 Å². The largest absolute Gasteiger partial charge is 0.494 e. The minimum absolute atomic E-state index is 0.118. The Bertz CT molecular complexity index is 838. The molecule has 0 aliphatic rings. The van der Waals surface area contributed by atoms with E-state index in [1.54, 1.807) is 0 Å². The summed E-state index contributed by atoms with van der Waals surface area (Å²) in [7, 11) is 0. The Kier molecular flexibility index (Phi) is 13.9. The van der Waals surface area contributed by atoms with Gasteiger partial charge in [0.2, 0.25) is 0 Å². The van der Waals surface area contributed by atoms with Crippen LogP contribution in [0.3, 0.4) is 0 Å². The fraction of sp³-hybridized carbons (Fsp3) is 0.581. The Morgan fingerprint density at radius 2 is 1.32 bits per heavy atom. The number of hydrogen-bond acceptors (Lipinski definition) is 3. The zero-order valence-electron chi connectivity index (χ0n) is 21.8. The van der Waals surface area contributed by atoms with Gasteiger partial charge in [-0.25, -0.2) is 0 Å². The van der Waals surface area contributed by atoms with Crippen molar-refractivity contribution in [1.82, 2.24) is 0 Å². The fourth-order valence-electron chi connectivity index (χ4n) is 4.20. The third kappa shape index (κ3) is 10.6. The number of rotatable bonds is 18. The highest BCUT2D eigenvalue weighted by molar-refractivity contribution is 5.67. The van der Waals surface area contributed by atoms with Crippen molar-refractivity contribution in [3.63, 3.8) is 0 Å². The van der Waals surface area contributed by atoms with Gasteiger partial charge in [-0.15, -0.1) is 0 Å². The number of nitrogens with zero attached hydrogens (tertiary/aromatic N) is 1. The maximum Gasteiger partial charge on any atom is 0.137 e. The van der Waals surface area contributed by atoms with Gasteiger partial charge in [0.1, 0.15) is 17.6 Å². The quantitative estimate of drug-likeness (QED) is 0.207. The van der Waals surface area contributed by atoms with E-state index < -0.39 is 0 Å². The van der Waals surface area contributed by atoms with Crippen LogP contribution < -0.4 is 9.47 Å². The molecule has 0 spiro atoms. The van der Waals surface area contributed by atoms with Crippen LogP contribution in [0.2, 0.25) is 0 Å². The van der Waals surface area contributed by atoms with E-state index in [0.717, 1.165) is 36.3 Å². The van der Waals surface area contributed by atoms with Crippen LogP contribution in [0.1, 0.15) is 110 Å². The molecule has 34 heavy (non-hydrogen) atoms. The normalized spacial score (nSPS) is 11.7. The first kappa shape index (κ1) is 27.8. The van der Waals surface area contributed by atoms with Crippen molar-refractivity contribution in [2.45, 2.75) is 110 Å². The fourth-order valence-corrected chi connectivity index (χ4v) is 4.20. The second-order valence-electron chi connectivity index (χ2n) is 9.45. The van der Waals surface area contributed by atoms with E-state index in [4.69, 9.17) is 9.47 Å². The van der Waals surface area contributed by atoms with Gasteiger partial charge in [0.15, 0.2) is 0 Å². The molecule has 1 atom stereocenters. The Balaban J connectivity index is 1.79. The lowest BCUT2D eigenvalue weighted by atomic mass is 10.0. The highest BCUT2D eigenvalue weighted by atomic mass is 16.5. The van der Waals surface area contributed by atoms with Crippen LogP contribution in [0.15, 0.2) is 42.5 Å². The minimum Gasteiger partial charge on any atom is -0.494 e. The van der Waals surface area contributed by atoms with Crippen molar-refractivity contribution < 1.29 is 9.47 Å².